The number of aromatic nitrogens is 2. The predicted molar refractivity (Wildman–Crippen MR) is 68.7 cm³/mol. The SMILES string of the molecule is CN(C)CCOCCNC(=O)c1ccc(Cl)nn1. The standard InChI is InChI=1S/C11H17ClN4O2/c1-16(2)6-8-18-7-5-13-11(17)9-3-4-10(12)15-14-9/h3-4H,5-8H2,1-2H3,(H,13,17). The summed E-state index contributed by atoms with van der Waals surface area (Å²) in [6.45, 7) is 2.41. The van der Waals surface area contributed by atoms with Gasteiger partial charge >= 0.3 is 0 Å². The highest BCUT2D eigenvalue weighted by molar-refractivity contribution is 6.29. The van der Waals surface area contributed by atoms with Crippen molar-refractivity contribution < 1.29 is 9.53 Å². The Hall–Kier alpha value is -1.24. The van der Waals surface area contributed by atoms with Crippen LogP contribution in [0.1, 0.15) is 10.5 Å². The average Bonchev–Trinajstić information content (AvgIpc) is 2.34. The molecule has 1 aromatic heterocycles. The van der Waals surface area contributed by atoms with Gasteiger partial charge in [-0.3, -0.25) is 4.79 Å². The van der Waals surface area contributed by atoms with Gasteiger partial charge in [-0.15, -0.1) is 10.2 Å². The molecule has 1 N–H and O–H groups in total. The first-order valence-corrected chi connectivity index (χ1v) is 5.97. The zero-order valence-corrected chi connectivity index (χ0v) is 11.3. The molecule has 0 radical (unpaired) electrons. The summed E-state index contributed by atoms with van der Waals surface area (Å²) in [4.78, 5) is 13.6. The molecule has 0 aliphatic carbocycles. The molecule has 6 nitrogen and oxygen atoms in total. The second-order valence-corrected chi connectivity index (χ2v) is 4.30. The molecule has 0 aliphatic heterocycles. The first-order valence-electron chi connectivity index (χ1n) is 5.59. The Morgan fingerprint density at radius 1 is 1.39 bits per heavy atom. The fourth-order valence-corrected chi connectivity index (χ4v) is 1.21. The van der Waals surface area contributed by atoms with Crippen molar-refractivity contribution in [1.82, 2.24) is 20.4 Å². The Morgan fingerprint density at radius 3 is 2.78 bits per heavy atom. The van der Waals surface area contributed by atoms with Crippen LogP contribution in [-0.4, -0.2) is 61.4 Å². The third-order valence-corrected chi connectivity index (χ3v) is 2.28. The Morgan fingerprint density at radius 2 is 2.17 bits per heavy atom. The Labute approximate surface area is 111 Å². The molecule has 0 aliphatic rings. The quantitative estimate of drug-likeness (QED) is 0.730. The van der Waals surface area contributed by atoms with Crippen molar-refractivity contribution in [1.29, 1.82) is 0 Å². The van der Waals surface area contributed by atoms with Crippen molar-refractivity contribution in [3.8, 4) is 0 Å². The van der Waals surface area contributed by atoms with Crippen molar-refractivity contribution >= 4 is 17.5 Å². The molecule has 1 heterocycles. The minimum Gasteiger partial charge on any atom is -0.378 e. The van der Waals surface area contributed by atoms with Crippen LogP contribution >= 0.6 is 11.6 Å². The summed E-state index contributed by atoms with van der Waals surface area (Å²) in [5, 5.41) is 10.2. The highest BCUT2D eigenvalue weighted by Gasteiger charge is 2.06. The number of nitrogens with one attached hydrogen (secondary N) is 1. The van der Waals surface area contributed by atoms with Crippen molar-refractivity contribution in [2.24, 2.45) is 0 Å². The molecule has 0 fully saturated rings. The lowest BCUT2D eigenvalue weighted by molar-refractivity contribution is 0.0895. The van der Waals surface area contributed by atoms with Gasteiger partial charge in [0.25, 0.3) is 5.91 Å². The second-order valence-electron chi connectivity index (χ2n) is 3.91. The molecule has 0 unspecified atom stereocenters. The topological polar surface area (TPSA) is 67.3 Å². The lowest BCUT2D eigenvalue weighted by Gasteiger charge is -2.10. The highest BCUT2D eigenvalue weighted by atomic mass is 35.5. The Bertz CT molecular complexity index is 370. The van der Waals surface area contributed by atoms with Gasteiger partial charge in [0.1, 0.15) is 0 Å². The van der Waals surface area contributed by atoms with Crippen molar-refractivity contribution in [2.75, 3.05) is 40.4 Å². The van der Waals surface area contributed by atoms with Crippen LogP contribution in [-0.2, 0) is 4.74 Å². The van der Waals surface area contributed by atoms with E-state index in [1.165, 1.54) is 12.1 Å². The van der Waals surface area contributed by atoms with E-state index in [1.807, 2.05) is 19.0 Å². The summed E-state index contributed by atoms with van der Waals surface area (Å²) >= 11 is 5.57. The normalized spacial score (nSPS) is 10.7. The fraction of sp³-hybridized carbons (Fsp3) is 0.545. The van der Waals surface area contributed by atoms with Gasteiger partial charge in [-0.05, 0) is 26.2 Å². The molecular weight excluding hydrogens is 256 g/mol. The average molecular weight is 273 g/mol. The van der Waals surface area contributed by atoms with E-state index in [1.54, 1.807) is 0 Å². The first-order chi connectivity index (χ1) is 8.59. The molecule has 1 rings (SSSR count). The van der Waals surface area contributed by atoms with E-state index in [9.17, 15) is 4.79 Å². The number of hydrogen-bond acceptors (Lipinski definition) is 5. The molecule has 100 valence electrons. The number of nitrogens with zero attached hydrogens (tertiary/aromatic N) is 3. The minimum atomic E-state index is -0.282. The van der Waals surface area contributed by atoms with Gasteiger partial charge in [-0.1, -0.05) is 11.6 Å². The van der Waals surface area contributed by atoms with E-state index < -0.39 is 0 Å². The van der Waals surface area contributed by atoms with E-state index in [4.69, 9.17) is 16.3 Å². The van der Waals surface area contributed by atoms with Crippen LogP contribution in [0, 0.1) is 0 Å². The molecule has 0 spiro atoms. The summed E-state index contributed by atoms with van der Waals surface area (Å²) in [5.41, 5.74) is 0.243. The van der Waals surface area contributed by atoms with Gasteiger partial charge in [0.05, 0.1) is 13.2 Å². The summed E-state index contributed by atoms with van der Waals surface area (Å²) < 4.78 is 5.34. The largest absolute Gasteiger partial charge is 0.378 e. The van der Waals surface area contributed by atoms with Crippen LogP contribution in [0.3, 0.4) is 0 Å². The smallest absolute Gasteiger partial charge is 0.271 e. The molecular formula is C11H17ClN4O2. The Kier molecular flexibility index (Phi) is 6.56. The number of amides is 1. The highest BCUT2D eigenvalue weighted by Crippen LogP contribution is 2.01. The molecule has 7 heteroatoms. The molecule has 0 saturated heterocycles. The van der Waals surface area contributed by atoms with Crippen molar-refractivity contribution in [3.63, 3.8) is 0 Å². The van der Waals surface area contributed by atoms with Gasteiger partial charge in [-0.25, -0.2) is 0 Å². The molecule has 1 aromatic rings. The van der Waals surface area contributed by atoms with E-state index in [-0.39, 0.29) is 16.8 Å². The van der Waals surface area contributed by atoms with Crippen LogP contribution in [0.5, 0.6) is 0 Å². The lowest BCUT2D eigenvalue weighted by Crippen LogP contribution is -2.29. The zero-order chi connectivity index (χ0) is 13.4. The third-order valence-electron chi connectivity index (χ3n) is 2.08. The fourth-order valence-electron chi connectivity index (χ4n) is 1.11. The van der Waals surface area contributed by atoms with E-state index in [2.05, 4.69) is 15.5 Å². The summed E-state index contributed by atoms with van der Waals surface area (Å²) in [5.74, 6) is -0.282. The van der Waals surface area contributed by atoms with Crippen LogP contribution in [0.4, 0.5) is 0 Å². The Balaban J connectivity index is 2.16. The number of halogens is 1. The maximum atomic E-state index is 11.6. The van der Waals surface area contributed by atoms with Crippen LogP contribution < -0.4 is 5.32 Å². The third kappa shape index (κ3) is 5.90. The van der Waals surface area contributed by atoms with Crippen LogP contribution in [0.2, 0.25) is 5.15 Å². The number of rotatable bonds is 7. The lowest BCUT2D eigenvalue weighted by atomic mass is 10.4. The van der Waals surface area contributed by atoms with Crippen LogP contribution in [0.15, 0.2) is 12.1 Å². The summed E-state index contributed by atoms with van der Waals surface area (Å²) in [7, 11) is 3.95. The van der Waals surface area contributed by atoms with Gasteiger partial charge < -0.3 is 15.0 Å². The maximum Gasteiger partial charge on any atom is 0.271 e. The van der Waals surface area contributed by atoms with Gasteiger partial charge in [0.15, 0.2) is 10.8 Å². The van der Waals surface area contributed by atoms with Crippen LogP contribution in [0.25, 0.3) is 0 Å². The first kappa shape index (κ1) is 14.8. The molecule has 1 amide bonds. The number of hydrogen-bond donors (Lipinski definition) is 1. The molecule has 0 saturated carbocycles. The number of carbonyl (C=O) groups excluding carboxylic acids is 1. The van der Waals surface area contributed by atoms with E-state index in [0.717, 1.165) is 6.54 Å². The molecule has 0 bridgehead atoms. The molecule has 18 heavy (non-hydrogen) atoms. The summed E-state index contributed by atoms with van der Waals surface area (Å²) in [6, 6.07) is 3.05. The van der Waals surface area contributed by atoms with Gasteiger partial charge in [0, 0.05) is 13.1 Å². The predicted octanol–water partition coefficient (Wildman–Crippen LogP) is 0.438. The van der Waals surface area contributed by atoms with Gasteiger partial charge in [-0.2, -0.15) is 0 Å². The van der Waals surface area contributed by atoms with Crippen molar-refractivity contribution in [2.45, 2.75) is 0 Å². The number of likely N-dealkylation sites (N-methyl/N-ethyl adjacent to an activating group) is 1. The minimum absolute atomic E-state index is 0.243. The van der Waals surface area contributed by atoms with Crippen molar-refractivity contribution in [3.05, 3.63) is 23.0 Å². The summed E-state index contributed by atoms with van der Waals surface area (Å²) in [6.07, 6.45) is 0. The van der Waals surface area contributed by atoms with E-state index >= 15 is 0 Å². The monoisotopic (exact) mass is 272 g/mol. The van der Waals surface area contributed by atoms with E-state index in [0.29, 0.717) is 19.8 Å². The number of ether oxygens (including phenoxy) is 1. The number of carbonyl (C=O) groups is 1. The second kappa shape index (κ2) is 7.97. The molecule has 0 atom stereocenters. The maximum absolute atomic E-state index is 11.6. The zero-order valence-electron chi connectivity index (χ0n) is 10.5. The van der Waals surface area contributed by atoms with Gasteiger partial charge in [0.2, 0.25) is 0 Å². The molecule has 0 aromatic carbocycles.